The van der Waals surface area contributed by atoms with E-state index < -0.39 is 0 Å². The van der Waals surface area contributed by atoms with Crippen LogP contribution in [0.1, 0.15) is 21.5 Å². The average Bonchev–Trinajstić information content (AvgIpc) is 2.58. The second kappa shape index (κ2) is 6.57. The summed E-state index contributed by atoms with van der Waals surface area (Å²) in [6.45, 7) is 2.97. The molecule has 2 aromatic carbocycles. The summed E-state index contributed by atoms with van der Waals surface area (Å²) in [5.41, 5.74) is 2.56. The quantitative estimate of drug-likeness (QED) is 0.638. The van der Waals surface area contributed by atoms with Crippen molar-refractivity contribution >= 4 is 11.9 Å². The molecule has 2 aromatic rings. The van der Waals surface area contributed by atoms with Crippen LogP contribution in [0.15, 0.2) is 42.5 Å². The smallest absolute Gasteiger partial charge is 0.203 e. The minimum absolute atomic E-state index is 0.0393. The van der Waals surface area contributed by atoms with Gasteiger partial charge in [-0.05, 0) is 36.8 Å². The van der Waals surface area contributed by atoms with Gasteiger partial charge in [0.05, 0.1) is 7.11 Å². The van der Waals surface area contributed by atoms with Gasteiger partial charge in [0.2, 0.25) is 5.75 Å². The van der Waals surface area contributed by atoms with Crippen LogP contribution in [-0.2, 0) is 0 Å². The van der Waals surface area contributed by atoms with Crippen LogP contribution in [0.3, 0.4) is 0 Å². The maximum atomic E-state index is 12.2. The van der Waals surface area contributed by atoms with Gasteiger partial charge >= 0.3 is 0 Å². The summed E-state index contributed by atoms with van der Waals surface area (Å²) in [4.78, 5) is 12.2. The average molecular weight is 310 g/mol. The van der Waals surface area contributed by atoms with Crippen LogP contribution in [0, 0.1) is 6.92 Å². The van der Waals surface area contributed by atoms with E-state index in [2.05, 4.69) is 0 Å². The summed E-state index contributed by atoms with van der Waals surface area (Å²) in [6, 6.07) is 11.2. The van der Waals surface area contributed by atoms with Crippen LogP contribution < -0.4 is 14.2 Å². The molecule has 0 radical (unpaired) electrons. The number of hydrogen-bond acceptors (Lipinski definition) is 4. The number of rotatable bonds is 4. The maximum Gasteiger partial charge on any atom is 0.203 e. The molecule has 0 saturated carbocycles. The van der Waals surface area contributed by atoms with Gasteiger partial charge in [-0.25, -0.2) is 0 Å². The number of carbonyl (C=O) groups is 1. The van der Waals surface area contributed by atoms with Crippen molar-refractivity contribution in [3.63, 3.8) is 0 Å². The Morgan fingerprint density at radius 2 is 2.00 bits per heavy atom. The Labute approximate surface area is 135 Å². The minimum Gasteiger partial charge on any atom is -0.493 e. The van der Waals surface area contributed by atoms with E-state index in [1.807, 2.05) is 43.3 Å². The highest BCUT2D eigenvalue weighted by Gasteiger charge is 2.17. The predicted molar refractivity (Wildman–Crippen MR) is 88.5 cm³/mol. The lowest BCUT2D eigenvalue weighted by atomic mass is 10.1. The van der Waals surface area contributed by atoms with Gasteiger partial charge < -0.3 is 14.2 Å². The Morgan fingerprint density at radius 1 is 1.17 bits per heavy atom. The Bertz CT molecular complexity index is 745. The van der Waals surface area contributed by atoms with E-state index >= 15 is 0 Å². The van der Waals surface area contributed by atoms with Gasteiger partial charge in [-0.2, -0.15) is 0 Å². The van der Waals surface area contributed by atoms with E-state index in [1.165, 1.54) is 0 Å². The van der Waals surface area contributed by atoms with Crippen LogP contribution in [0.2, 0.25) is 0 Å². The van der Waals surface area contributed by atoms with Gasteiger partial charge in [-0.1, -0.05) is 29.8 Å². The maximum absolute atomic E-state index is 12.2. The fourth-order valence-corrected chi connectivity index (χ4v) is 2.46. The molecule has 1 heterocycles. The molecule has 3 rings (SSSR count). The van der Waals surface area contributed by atoms with Gasteiger partial charge in [0.25, 0.3) is 0 Å². The van der Waals surface area contributed by atoms with E-state index in [0.717, 1.165) is 11.1 Å². The highest BCUT2D eigenvalue weighted by molar-refractivity contribution is 6.06. The number of methoxy groups -OCH3 is 1. The minimum atomic E-state index is -0.0393. The Kier molecular flexibility index (Phi) is 4.33. The van der Waals surface area contributed by atoms with E-state index in [4.69, 9.17) is 14.2 Å². The normalized spacial score (nSPS) is 13.1. The zero-order valence-electron chi connectivity index (χ0n) is 13.2. The van der Waals surface area contributed by atoms with Crippen molar-refractivity contribution in [3.8, 4) is 17.2 Å². The number of aryl methyl sites for hydroxylation is 1. The summed E-state index contributed by atoms with van der Waals surface area (Å²) < 4.78 is 16.5. The molecule has 1 aliphatic heterocycles. The molecule has 118 valence electrons. The van der Waals surface area contributed by atoms with E-state index in [9.17, 15) is 4.79 Å². The van der Waals surface area contributed by atoms with Crippen LogP contribution in [0.25, 0.3) is 6.08 Å². The molecule has 0 spiro atoms. The highest BCUT2D eigenvalue weighted by atomic mass is 16.6. The largest absolute Gasteiger partial charge is 0.493 e. The standard InChI is InChI=1S/C19H18O4/c1-13-4-3-5-15(10-13)16(20)7-6-14-11-17(21-2)19-18(12-14)22-8-9-23-19/h3-7,10-12H,8-9H2,1-2H3/b7-6+. The molecule has 0 fully saturated rings. The first-order valence-corrected chi connectivity index (χ1v) is 7.44. The Balaban J connectivity index is 1.86. The van der Waals surface area contributed by atoms with Crippen molar-refractivity contribution in [1.82, 2.24) is 0 Å². The van der Waals surface area contributed by atoms with Crippen molar-refractivity contribution in [2.75, 3.05) is 20.3 Å². The van der Waals surface area contributed by atoms with Crippen LogP contribution in [0.5, 0.6) is 17.2 Å². The summed E-state index contributed by atoms with van der Waals surface area (Å²) in [7, 11) is 1.58. The lowest BCUT2D eigenvalue weighted by Crippen LogP contribution is -2.16. The third-order valence-corrected chi connectivity index (χ3v) is 3.58. The Morgan fingerprint density at radius 3 is 2.78 bits per heavy atom. The van der Waals surface area contributed by atoms with E-state index in [-0.39, 0.29) is 5.78 Å². The van der Waals surface area contributed by atoms with Gasteiger partial charge in [-0.3, -0.25) is 4.79 Å². The molecule has 1 aliphatic rings. The highest BCUT2D eigenvalue weighted by Crippen LogP contribution is 2.40. The first-order valence-electron chi connectivity index (χ1n) is 7.44. The van der Waals surface area contributed by atoms with Gasteiger partial charge in [0, 0.05) is 5.56 Å². The monoisotopic (exact) mass is 310 g/mol. The van der Waals surface area contributed by atoms with Gasteiger partial charge in [0.15, 0.2) is 17.3 Å². The third kappa shape index (κ3) is 3.37. The second-order valence-electron chi connectivity index (χ2n) is 5.31. The number of fused-ring (bicyclic) bond motifs is 1. The van der Waals surface area contributed by atoms with Crippen LogP contribution in [0.4, 0.5) is 0 Å². The zero-order valence-corrected chi connectivity index (χ0v) is 13.2. The summed E-state index contributed by atoms with van der Waals surface area (Å²) in [5, 5.41) is 0. The molecule has 4 nitrogen and oxygen atoms in total. The molecule has 0 bridgehead atoms. The third-order valence-electron chi connectivity index (χ3n) is 3.58. The zero-order chi connectivity index (χ0) is 16.2. The number of benzene rings is 2. The molecule has 0 unspecified atom stereocenters. The predicted octanol–water partition coefficient (Wildman–Crippen LogP) is 3.67. The SMILES string of the molecule is COc1cc(/C=C/C(=O)c2cccc(C)c2)cc2c1OCCO2. The van der Waals surface area contributed by atoms with E-state index in [1.54, 1.807) is 19.3 Å². The number of hydrogen-bond donors (Lipinski definition) is 0. The van der Waals surface area contributed by atoms with Gasteiger partial charge in [-0.15, -0.1) is 0 Å². The molecular formula is C19H18O4. The second-order valence-corrected chi connectivity index (χ2v) is 5.31. The van der Waals surface area contributed by atoms with Crippen LogP contribution in [-0.4, -0.2) is 26.1 Å². The fraction of sp³-hybridized carbons (Fsp3) is 0.211. The van der Waals surface area contributed by atoms with Crippen molar-refractivity contribution < 1.29 is 19.0 Å². The molecule has 0 saturated heterocycles. The summed E-state index contributed by atoms with van der Waals surface area (Å²) in [5.74, 6) is 1.81. The lowest BCUT2D eigenvalue weighted by Gasteiger charge is -2.20. The molecule has 4 heteroatoms. The first-order chi connectivity index (χ1) is 11.2. The van der Waals surface area contributed by atoms with Crippen molar-refractivity contribution in [2.45, 2.75) is 6.92 Å². The Hall–Kier alpha value is -2.75. The number of carbonyl (C=O) groups excluding carboxylic acids is 1. The van der Waals surface area contributed by atoms with Crippen molar-refractivity contribution in [1.29, 1.82) is 0 Å². The molecule has 0 N–H and O–H groups in total. The van der Waals surface area contributed by atoms with Crippen molar-refractivity contribution in [3.05, 3.63) is 59.2 Å². The summed E-state index contributed by atoms with van der Waals surface area (Å²) >= 11 is 0. The number of ether oxygens (including phenoxy) is 3. The van der Waals surface area contributed by atoms with Crippen LogP contribution >= 0.6 is 0 Å². The topological polar surface area (TPSA) is 44.8 Å². The van der Waals surface area contributed by atoms with Crippen molar-refractivity contribution in [2.24, 2.45) is 0 Å². The molecule has 0 atom stereocenters. The molecule has 0 aliphatic carbocycles. The number of allylic oxidation sites excluding steroid dienone is 1. The number of ketones is 1. The molecular weight excluding hydrogens is 292 g/mol. The first kappa shape index (κ1) is 15.2. The van der Waals surface area contributed by atoms with E-state index in [0.29, 0.717) is 36.0 Å². The fourth-order valence-electron chi connectivity index (χ4n) is 2.46. The lowest BCUT2D eigenvalue weighted by molar-refractivity contribution is 0.104. The molecule has 0 aromatic heterocycles. The molecule has 0 amide bonds. The summed E-state index contributed by atoms with van der Waals surface area (Å²) in [6.07, 6.45) is 3.31. The molecule has 23 heavy (non-hydrogen) atoms. The van der Waals surface area contributed by atoms with Gasteiger partial charge in [0.1, 0.15) is 13.2 Å².